The topological polar surface area (TPSA) is 34.9 Å². The Morgan fingerprint density at radius 3 is 2.56 bits per heavy atom. The minimum Gasteiger partial charge on any atom is -0.287 e. The van der Waals surface area contributed by atoms with E-state index in [-0.39, 0.29) is 5.56 Å². The first-order valence-corrected chi connectivity index (χ1v) is 10.9. The summed E-state index contributed by atoms with van der Waals surface area (Å²) in [7, 11) is 0. The van der Waals surface area contributed by atoms with Gasteiger partial charge in [0.25, 0.3) is 5.56 Å². The van der Waals surface area contributed by atoms with E-state index in [0.29, 0.717) is 11.9 Å². The number of rotatable bonds is 5. The molecule has 0 aliphatic carbocycles. The molecule has 0 aliphatic heterocycles. The van der Waals surface area contributed by atoms with Crippen LogP contribution in [0.5, 0.6) is 0 Å². The molecule has 2 heterocycles. The zero-order valence-electron chi connectivity index (χ0n) is 14.7. The summed E-state index contributed by atoms with van der Waals surface area (Å²) in [4.78, 5) is 18.8. The minimum absolute atomic E-state index is 0.0289. The molecule has 27 heavy (non-hydrogen) atoms. The van der Waals surface area contributed by atoms with Crippen molar-refractivity contribution < 1.29 is 0 Å². The second kappa shape index (κ2) is 7.89. The second-order valence-corrected chi connectivity index (χ2v) is 8.29. The lowest BCUT2D eigenvalue weighted by Gasteiger charge is -2.10. The van der Waals surface area contributed by atoms with Crippen LogP contribution in [-0.2, 0) is 12.3 Å². The SMILES string of the molecule is CCn1c(SCc2ccc(Cl)cc2)nc2scc(-c3ccccc3)c2c1=O. The van der Waals surface area contributed by atoms with E-state index < -0.39 is 0 Å². The highest BCUT2D eigenvalue weighted by Gasteiger charge is 2.16. The smallest absolute Gasteiger partial charge is 0.263 e. The van der Waals surface area contributed by atoms with Crippen molar-refractivity contribution in [3.05, 3.63) is 80.9 Å². The van der Waals surface area contributed by atoms with E-state index in [1.807, 2.05) is 66.9 Å². The molecule has 0 N–H and O–H groups in total. The third kappa shape index (κ3) is 3.68. The Kier molecular flexibility index (Phi) is 5.34. The van der Waals surface area contributed by atoms with E-state index >= 15 is 0 Å². The van der Waals surface area contributed by atoms with Gasteiger partial charge in [-0.2, -0.15) is 0 Å². The van der Waals surface area contributed by atoms with Crippen molar-refractivity contribution in [1.29, 1.82) is 0 Å². The Balaban J connectivity index is 1.74. The van der Waals surface area contributed by atoms with Crippen LogP contribution in [0.2, 0.25) is 5.02 Å². The second-order valence-electron chi connectivity index (χ2n) is 6.05. The van der Waals surface area contributed by atoms with Crippen LogP contribution in [0, 0.1) is 0 Å². The van der Waals surface area contributed by atoms with Gasteiger partial charge in [-0.3, -0.25) is 9.36 Å². The zero-order valence-corrected chi connectivity index (χ0v) is 17.1. The molecule has 4 rings (SSSR count). The average molecular weight is 413 g/mol. The third-order valence-electron chi connectivity index (χ3n) is 4.34. The number of aromatic nitrogens is 2. The largest absolute Gasteiger partial charge is 0.287 e. The summed E-state index contributed by atoms with van der Waals surface area (Å²) in [5, 5.41) is 4.22. The van der Waals surface area contributed by atoms with E-state index in [1.54, 1.807) is 16.3 Å². The van der Waals surface area contributed by atoms with Crippen molar-refractivity contribution in [2.75, 3.05) is 0 Å². The predicted octanol–water partition coefficient (Wildman–Crippen LogP) is 6.09. The lowest BCUT2D eigenvalue weighted by atomic mass is 10.1. The number of benzene rings is 2. The van der Waals surface area contributed by atoms with Gasteiger partial charge < -0.3 is 0 Å². The molecular formula is C21H17ClN2OS2. The fraction of sp³-hybridized carbons (Fsp3) is 0.143. The third-order valence-corrected chi connectivity index (χ3v) is 6.51. The fourth-order valence-corrected chi connectivity index (χ4v) is 5.09. The van der Waals surface area contributed by atoms with Gasteiger partial charge in [-0.05, 0) is 30.2 Å². The van der Waals surface area contributed by atoms with Gasteiger partial charge in [0.05, 0.1) is 5.39 Å². The maximum Gasteiger partial charge on any atom is 0.263 e. The molecular weight excluding hydrogens is 396 g/mol. The normalized spacial score (nSPS) is 11.2. The van der Waals surface area contributed by atoms with Crippen LogP contribution in [0.15, 0.2) is 69.9 Å². The molecule has 0 radical (unpaired) electrons. The molecule has 0 amide bonds. The lowest BCUT2D eigenvalue weighted by molar-refractivity contribution is 0.635. The minimum atomic E-state index is 0.0289. The molecule has 0 unspecified atom stereocenters. The lowest BCUT2D eigenvalue weighted by Crippen LogP contribution is -2.22. The van der Waals surface area contributed by atoms with Gasteiger partial charge in [0.1, 0.15) is 4.83 Å². The molecule has 0 aliphatic rings. The molecule has 3 nitrogen and oxygen atoms in total. The summed E-state index contributed by atoms with van der Waals surface area (Å²) in [5.74, 6) is 0.742. The van der Waals surface area contributed by atoms with Crippen LogP contribution in [-0.4, -0.2) is 9.55 Å². The Labute approximate surface area is 170 Å². The van der Waals surface area contributed by atoms with Crippen molar-refractivity contribution in [3.63, 3.8) is 0 Å². The zero-order chi connectivity index (χ0) is 18.8. The molecule has 0 saturated heterocycles. The Morgan fingerprint density at radius 1 is 1.11 bits per heavy atom. The summed E-state index contributed by atoms with van der Waals surface area (Å²) in [6.07, 6.45) is 0. The summed E-state index contributed by atoms with van der Waals surface area (Å²) in [5.41, 5.74) is 3.19. The molecule has 136 valence electrons. The van der Waals surface area contributed by atoms with Crippen LogP contribution in [0.3, 0.4) is 0 Å². The quantitative estimate of drug-likeness (QED) is 0.294. The van der Waals surface area contributed by atoms with E-state index in [2.05, 4.69) is 0 Å². The van der Waals surface area contributed by atoms with Gasteiger partial charge >= 0.3 is 0 Å². The number of hydrogen-bond acceptors (Lipinski definition) is 4. The Hall–Kier alpha value is -2.08. The maximum atomic E-state index is 13.2. The summed E-state index contributed by atoms with van der Waals surface area (Å²) in [6, 6.07) is 17.8. The molecule has 2 aromatic heterocycles. The molecule has 6 heteroatoms. The summed E-state index contributed by atoms with van der Waals surface area (Å²) in [6.45, 7) is 2.57. The first-order chi connectivity index (χ1) is 13.2. The van der Waals surface area contributed by atoms with Gasteiger partial charge in [-0.25, -0.2) is 4.98 Å². The molecule has 2 aromatic carbocycles. The van der Waals surface area contributed by atoms with Gasteiger partial charge in [0.2, 0.25) is 0 Å². The van der Waals surface area contributed by atoms with E-state index in [4.69, 9.17) is 16.6 Å². The number of nitrogens with zero attached hydrogens (tertiary/aromatic N) is 2. The highest BCUT2D eigenvalue weighted by molar-refractivity contribution is 7.98. The Bertz CT molecular complexity index is 1130. The summed E-state index contributed by atoms with van der Waals surface area (Å²) < 4.78 is 1.77. The van der Waals surface area contributed by atoms with Crippen molar-refractivity contribution in [2.45, 2.75) is 24.4 Å². The molecule has 4 aromatic rings. The van der Waals surface area contributed by atoms with Gasteiger partial charge in [-0.15, -0.1) is 11.3 Å². The maximum absolute atomic E-state index is 13.2. The molecule has 0 saturated carbocycles. The number of halogens is 1. The van der Waals surface area contributed by atoms with Crippen molar-refractivity contribution >= 4 is 44.9 Å². The Morgan fingerprint density at radius 2 is 1.85 bits per heavy atom. The monoisotopic (exact) mass is 412 g/mol. The van der Waals surface area contributed by atoms with Crippen LogP contribution in [0.4, 0.5) is 0 Å². The fourth-order valence-electron chi connectivity index (χ4n) is 2.95. The van der Waals surface area contributed by atoms with Crippen molar-refractivity contribution in [3.8, 4) is 11.1 Å². The van der Waals surface area contributed by atoms with Crippen molar-refractivity contribution in [1.82, 2.24) is 9.55 Å². The summed E-state index contributed by atoms with van der Waals surface area (Å²) >= 11 is 9.06. The van der Waals surface area contributed by atoms with E-state index in [0.717, 1.165) is 37.5 Å². The number of thioether (sulfide) groups is 1. The van der Waals surface area contributed by atoms with E-state index in [9.17, 15) is 4.79 Å². The van der Waals surface area contributed by atoms with Gasteiger partial charge in [-0.1, -0.05) is 65.8 Å². The molecule has 0 bridgehead atoms. The molecule has 0 spiro atoms. The predicted molar refractivity (Wildman–Crippen MR) is 116 cm³/mol. The van der Waals surface area contributed by atoms with Crippen molar-refractivity contribution in [2.24, 2.45) is 0 Å². The van der Waals surface area contributed by atoms with Gasteiger partial charge in [0.15, 0.2) is 5.16 Å². The average Bonchev–Trinajstić information content (AvgIpc) is 3.12. The highest BCUT2D eigenvalue weighted by Crippen LogP contribution is 2.32. The first kappa shape index (κ1) is 18.3. The molecule has 0 fully saturated rings. The standard InChI is InChI=1S/C21H17ClN2OS2/c1-2-24-20(25)18-17(15-6-4-3-5-7-15)13-26-19(18)23-21(24)27-12-14-8-10-16(22)11-9-14/h3-11,13H,2,12H2,1H3. The number of fused-ring (bicyclic) bond motifs is 1. The van der Waals surface area contributed by atoms with Crippen LogP contribution in [0.1, 0.15) is 12.5 Å². The van der Waals surface area contributed by atoms with Crippen LogP contribution < -0.4 is 5.56 Å². The number of thiophene rings is 1. The van der Waals surface area contributed by atoms with Crippen LogP contribution >= 0.6 is 34.7 Å². The van der Waals surface area contributed by atoms with E-state index in [1.165, 1.54) is 11.3 Å². The number of hydrogen-bond donors (Lipinski definition) is 0. The van der Waals surface area contributed by atoms with Gasteiger partial charge in [0, 0.05) is 28.3 Å². The van der Waals surface area contributed by atoms with Crippen LogP contribution in [0.25, 0.3) is 21.3 Å². The first-order valence-electron chi connectivity index (χ1n) is 8.62. The highest BCUT2D eigenvalue weighted by atomic mass is 35.5. The molecule has 0 atom stereocenters.